The topological polar surface area (TPSA) is 180 Å². The van der Waals surface area contributed by atoms with Crippen molar-refractivity contribution in [2.45, 2.75) is 43.6 Å². The third-order valence-electron chi connectivity index (χ3n) is 4.47. The van der Waals surface area contributed by atoms with Gasteiger partial charge in [0.15, 0.2) is 6.10 Å². The number of primary amides is 1. The van der Waals surface area contributed by atoms with E-state index in [0.29, 0.717) is 12.0 Å². The fourth-order valence-corrected chi connectivity index (χ4v) is 2.82. The predicted octanol–water partition coefficient (Wildman–Crippen LogP) is -1.75. The molecule has 0 bridgehead atoms. The van der Waals surface area contributed by atoms with Gasteiger partial charge in [0.2, 0.25) is 30.0 Å². The number of benzene rings is 1. The number of hydrogen-bond donors (Lipinski definition) is 6. The molecule has 0 aliphatic rings. The van der Waals surface area contributed by atoms with Crippen molar-refractivity contribution in [2.75, 3.05) is 13.1 Å². The van der Waals surface area contributed by atoms with Gasteiger partial charge in [-0.3, -0.25) is 24.0 Å². The molecule has 0 saturated carbocycles. The van der Waals surface area contributed by atoms with Crippen LogP contribution in [0.5, 0.6) is 0 Å². The third kappa shape index (κ3) is 10.8. The Morgan fingerprint density at radius 1 is 1.03 bits per heavy atom. The summed E-state index contributed by atoms with van der Waals surface area (Å²) in [6.45, 7) is -1.18. The van der Waals surface area contributed by atoms with Crippen LogP contribution >= 0.6 is 0 Å². The van der Waals surface area contributed by atoms with Gasteiger partial charge in [0.1, 0.15) is 6.04 Å². The molecule has 0 aliphatic heterocycles. The van der Waals surface area contributed by atoms with E-state index in [1.807, 2.05) is 5.32 Å². The Bertz CT molecular complexity index is 853. The van der Waals surface area contributed by atoms with Gasteiger partial charge in [-0.2, -0.15) is 13.2 Å². The molecule has 0 aromatic heterocycles. The fourth-order valence-electron chi connectivity index (χ4n) is 2.82. The van der Waals surface area contributed by atoms with Crippen LogP contribution in [-0.2, 0) is 30.4 Å². The minimum Gasteiger partial charge on any atom is -0.382 e. The zero-order valence-electron chi connectivity index (χ0n) is 17.9. The molecular formula is C20H26F3N5O6. The number of alkyl halides is 3. The summed E-state index contributed by atoms with van der Waals surface area (Å²) in [4.78, 5) is 57.9. The Morgan fingerprint density at radius 2 is 1.65 bits per heavy atom. The van der Waals surface area contributed by atoms with Crippen molar-refractivity contribution in [3.05, 3.63) is 35.9 Å². The van der Waals surface area contributed by atoms with Crippen molar-refractivity contribution in [3.8, 4) is 0 Å². The van der Waals surface area contributed by atoms with E-state index >= 15 is 0 Å². The first-order valence-corrected chi connectivity index (χ1v) is 10.0. The normalized spacial score (nSPS) is 13.6. The maximum atomic E-state index is 12.9. The highest BCUT2D eigenvalue weighted by molar-refractivity contribution is 5.91. The average Bonchev–Trinajstić information content (AvgIpc) is 2.77. The molecule has 0 spiro atoms. The number of aliphatic hydroxyl groups excluding tert-OH is 1. The lowest BCUT2D eigenvalue weighted by molar-refractivity contribution is -0.212. The van der Waals surface area contributed by atoms with E-state index in [2.05, 4.69) is 16.0 Å². The van der Waals surface area contributed by atoms with Crippen molar-refractivity contribution in [3.63, 3.8) is 0 Å². The molecular weight excluding hydrogens is 463 g/mol. The quantitative estimate of drug-likeness (QED) is 0.169. The van der Waals surface area contributed by atoms with E-state index in [4.69, 9.17) is 5.73 Å². The summed E-state index contributed by atoms with van der Waals surface area (Å²) in [6.07, 6.45) is -8.81. The molecule has 3 atom stereocenters. The molecule has 5 amide bonds. The Hall–Kier alpha value is -3.68. The first kappa shape index (κ1) is 28.4. The summed E-state index contributed by atoms with van der Waals surface area (Å²) in [5.74, 6) is -3.50. The lowest BCUT2D eigenvalue weighted by Crippen LogP contribution is -2.54. The number of rotatable bonds is 14. The first-order chi connectivity index (χ1) is 15.9. The molecule has 3 unspecified atom stereocenters. The van der Waals surface area contributed by atoms with Gasteiger partial charge >= 0.3 is 6.18 Å². The van der Waals surface area contributed by atoms with Gasteiger partial charge in [0.25, 0.3) is 0 Å². The smallest absolute Gasteiger partial charge is 0.382 e. The summed E-state index contributed by atoms with van der Waals surface area (Å²) < 4.78 is 38.6. The number of halogens is 3. The third-order valence-corrected chi connectivity index (χ3v) is 4.47. The largest absolute Gasteiger partial charge is 0.416 e. The average molecular weight is 489 g/mol. The van der Waals surface area contributed by atoms with E-state index in [-0.39, 0.29) is 6.42 Å². The number of aliphatic hydroxyl groups is 1. The summed E-state index contributed by atoms with van der Waals surface area (Å²) in [7, 11) is 0. The van der Waals surface area contributed by atoms with E-state index in [1.165, 1.54) is 0 Å². The molecule has 7 N–H and O–H groups in total. The van der Waals surface area contributed by atoms with Gasteiger partial charge in [-0.15, -0.1) is 0 Å². The number of carbonyl (C=O) groups is 5. The molecule has 34 heavy (non-hydrogen) atoms. The second-order valence-electron chi connectivity index (χ2n) is 7.19. The molecule has 0 fully saturated rings. The Balaban J connectivity index is 2.79. The number of amides is 5. The molecule has 14 heteroatoms. The van der Waals surface area contributed by atoms with Crippen LogP contribution in [0.1, 0.15) is 18.4 Å². The first-order valence-electron chi connectivity index (χ1n) is 10.0. The van der Waals surface area contributed by atoms with E-state index in [1.54, 1.807) is 30.3 Å². The summed E-state index contributed by atoms with van der Waals surface area (Å²) in [6, 6.07) is 5.47. The van der Waals surface area contributed by atoms with E-state index in [0.717, 1.165) is 0 Å². The lowest BCUT2D eigenvalue weighted by Gasteiger charge is -2.26. The molecule has 0 saturated heterocycles. The van der Waals surface area contributed by atoms with Crippen LogP contribution in [0.4, 0.5) is 13.2 Å². The summed E-state index contributed by atoms with van der Waals surface area (Å²) >= 11 is 0. The summed E-state index contributed by atoms with van der Waals surface area (Å²) in [5, 5.41) is 18.1. The Kier molecular flexibility index (Phi) is 11.5. The number of carbonyl (C=O) groups excluding carboxylic acids is 5. The van der Waals surface area contributed by atoms with Crippen LogP contribution in [0.2, 0.25) is 0 Å². The van der Waals surface area contributed by atoms with Crippen molar-refractivity contribution >= 4 is 30.0 Å². The van der Waals surface area contributed by atoms with Gasteiger partial charge in [0.05, 0.1) is 19.1 Å². The molecule has 0 aliphatic carbocycles. The zero-order chi connectivity index (χ0) is 25.7. The van der Waals surface area contributed by atoms with Crippen LogP contribution in [0, 0.1) is 0 Å². The van der Waals surface area contributed by atoms with Crippen LogP contribution < -0.4 is 27.0 Å². The Morgan fingerprint density at radius 3 is 2.21 bits per heavy atom. The molecule has 1 aromatic carbocycles. The second kappa shape index (κ2) is 13.8. The number of hydrogen-bond acceptors (Lipinski definition) is 6. The van der Waals surface area contributed by atoms with Crippen LogP contribution in [0.15, 0.2) is 30.3 Å². The van der Waals surface area contributed by atoms with Crippen LogP contribution in [0.3, 0.4) is 0 Å². The van der Waals surface area contributed by atoms with Gasteiger partial charge < -0.3 is 32.1 Å². The van der Waals surface area contributed by atoms with Gasteiger partial charge in [-0.05, 0) is 12.0 Å². The molecule has 0 radical (unpaired) electrons. The van der Waals surface area contributed by atoms with E-state index in [9.17, 15) is 42.3 Å². The highest BCUT2D eigenvalue weighted by Crippen LogP contribution is 2.24. The van der Waals surface area contributed by atoms with Crippen molar-refractivity contribution < 1.29 is 42.3 Å². The fraction of sp³-hybridized carbons (Fsp3) is 0.450. The lowest BCUT2D eigenvalue weighted by atomic mass is 10.0. The van der Waals surface area contributed by atoms with Crippen LogP contribution in [0.25, 0.3) is 0 Å². The SMILES string of the molecule is NC(=O)CCC(NC(=O)CNC(=O)C(Cc1ccccc1)NC(=O)CNC=O)C(O)C(F)(F)F. The highest BCUT2D eigenvalue weighted by Gasteiger charge is 2.44. The molecule has 11 nitrogen and oxygen atoms in total. The van der Waals surface area contributed by atoms with Crippen molar-refractivity contribution in [1.29, 1.82) is 0 Å². The summed E-state index contributed by atoms with van der Waals surface area (Å²) in [5.41, 5.74) is 5.58. The minimum absolute atomic E-state index is 0.0230. The standard InChI is InChI=1S/C20H26F3N5O6/c21-20(22,23)18(33)13(6-7-15(24)30)27-17(32)10-26-19(34)14(28-16(31)9-25-11-29)8-12-4-2-1-3-5-12/h1-5,11,13-14,18,33H,6-10H2,(H2,24,30)(H,25,29)(H,26,34)(H,27,32)(H,28,31). The van der Waals surface area contributed by atoms with Gasteiger partial charge in [0, 0.05) is 12.8 Å². The number of nitrogens with two attached hydrogens (primary N) is 1. The highest BCUT2D eigenvalue weighted by atomic mass is 19.4. The van der Waals surface area contributed by atoms with Crippen molar-refractivity contribution in [2.24, 2.45) is 5.73 Å². The molecule has 1 rings (SSSR count). The maximum Gasteiger partial charge on any atom is 0.416 e. The predicted molar refractivity (Wildman–Crippen MR) is 112 cm³/mol. The Labute approximate surface area is 192 Å². The van der Waals surface area contributed by atoms with Gasteiger partial charge in [-0.1, -0.05) is 30.3 Å². The molecule has 1 aromatic rings. The van der Waals surface area contributed by atoms with Crippen molar-refractivity contribution in [1.82, 2.24) is 21.3 Å². The minimum atomic E-state index is -5.07. The zero-order valence-corrected chi connectivity index (χ0v) is 17.9. The van der Waals surface area contributed by atoms with Gasteiger partial charge in [-0.25, -0.2) is 0 Å². The van der Waals surface area contributed by atoms with Crippen LogP contribution in [-0.4, -0.2) is 72.6 Å². The monoisotopic (exact) mass is 489 g/mol. The second-order valence-corrected chi connectivity index (χ2v) is 7.19. The molecule has 0 heterocycles. The van der Waals surface area contributed by atoms with E-state index < -0.39 is 73.9 Å². The molecule has 188 valence electrons. The number of nitrogens with one attached hydrogen (secondary N) is 4. The maximum absolute atomic E-state index is 12.9.